The lowest BCUT2D eigenvalue weighted by Gasteiger charge is -2.24. The lowest BCUT2D eigenvalue weighted by molar-refractivity contribution is -0.119. The number of benzene rings is 1. The predicted molar refractivity (Wildman–Crippen MR) is 69.5 cm³/mol. The number of amides is 1. The van der Waals surface area contributed by atoms with Crippen molar-refractivity contribution < 1.29 is 9.53 Å². The maximum absolute atomic E-state index is 11.9. The molecular weight excluding hydrogens is 216 g/mol. The first-order chi connectivity index (χ1) is 7.88. The molecule has 0 fully saturated rings. The zero-order valence-corrected chi connectivity index (χ0v) is 11.1. The lowest BCUT2D eigenvalue weighted by atomic mass is 10.1. The molecule has 0 radical (unpaired) electrons. The van der Waals surface area contributed by atoms with Crippen molar-refractivity contribution in [2.24, 2.45) is 5.73 Å². The molecule has 94 valence electrons. The topological polar surface area (TPSA) is 55.6 Å². The monoisotopic (exact) mass is 236 g/mol. The molecule has 0 saturated carbocycles. The highest BCUT2D eigenvalue weighted by Gasteiger charge is 2.20. The zero-order valence-electron chi connectivity index (χ0n) is 11.1. The van der Waals surface area contributed by atoms with E-state index >= 15 is 0 Å². The predicted octanol–water partition coefficient (Wildman–Crippen LogP) is 1.62. The van der Waals surface area contributed by atoms with Gasteiger partial charge in [0.15, 0.2) is 0 Å². The first kappa shape index (κ1) is 13.5. The number of anilines is 1. The molecule has 1 aromatic carbocycles. The molecule has 0 aliphatic heterocycles. The molecule has 0 aliphatic rings. The van der Waals surface area contributed by atoms with Crippen molar-refractivity contribution in [1.82, 2.24) is 0 Å². The van der Waals surface area contributed by atoms with Crippen molar-refractivity contribution in [3.63, 3.8) is 0 Å². The van der Waals surface area contributed by atoms with E-state index in [0.29, 0.717) is 5.75 Å². The Morgan fingerprint density at radius 1 is 1.41 bits per heavy atom. The van der Waals surface area contributed by atoms with Crippen LogP contribution in [0.15, 0.2) is 12.1 Å². The number of carbonyl (C=O) groups excluding carboxylic acids is 1. The number of methoxy groups -OCH3 is 1. The second kappa shape index (κ2) is 5.19. The van der Waals surface area contributed by atoms with E-state index in [-0.39, 0.29) is 5.91 Å². The van der Waals surface area contributed by atoms with Gasteiger partial charge in [-0.3, -0.25) is 4.79 Å². The minimum absolute atomic E-state index is 0.129. The summed E-state index contributed by atoms with van der Waals surface area (Å²) in [4.78, 5) is 13.4. The molecule has 1 amide bonds. The van der Waals surface area contributed by atoms with E-state index in [4.69, 9.17) is 10.5 Å². The standard InChI is InChI=1S/C13H20N2O2/c1-8-6-9(2)12(11(7-8)17-5)15(4)13(16)10(3)14/h6-7,10H,14H2,1-5H3. The first-order valence-electron chi connectivity index (χ1n) is 5.56. The van der Waals surface area contributed by atoms with Crippen LogP contribution >= 0.6 is 0 Å². The first-order valence-corrected chi connectivity index (χ1v) is 5.56. The highest BCUT2D eigenvalue weighted by Crippen LogP contribution is 2.32. The molecule has 0 bridgehead atoms. The minimum Gasteiger partial charge on any atom is -0.495 e. The number of hydrogen-bond donors (Lipinski definition) is 1. The molecule has 4 nitrogen and oxygen atoms in total. The summed E-state index contributed by atoms with van der Waals surface area (Å²) < 4.78 is 5.32. The van der Waals surface area contributed by atoms with Gasteiger partial charge in [0.2, 0.25) is 5.91 Å². The Kier molecular flexibility index (Phi) is 4.12. The van der Waals surface area contributed by atoms with Gasteiger partial charge in [0.05, 0.1) is 18.8 Å². The fraction of sp³-hybridized carbons (Fsp3) is 0.462. The lowest BCUT2D eigenvalue weighted by Crippen LogP contribution is -2.40. The Bertz CT molecular complexity index is 428. The van der Waals surface area contributed by atoms with Crippen LogP contribution in [0.1, 0.15) is 18.1 Å². The van der Waals surface area contributed by atoms with Crippen molar-refractivity contribution in [3.05, 3.63) is 23.3 Å². The van der Waals surface area contributed by atoms with Gasteiger partial charge in [0, 0.05) is 7.05 Å². The van der Waals surface area contributed by atoms with Crippen molar-refractivity contribution in [3.8, 4) is 5.75 Å². The Morgan fingerprint density at radius 3 is 2.47 bits per heavy atom. The largest absolute Gasteiger partial charge is 0.495 e. The zero-order chi connectivity index (χ0) is 13.2. The quantitative estimate of drug-likeness (QED) is 0.867. The van der Waals surface area contributed by atoms with Crippen molar-refractivity contribution in [2.45, 2.75) is 26.8 Å². The van der Waals surface area contributed by atoms with E-state index in [2.05, 4.69) is 0 Å². The maximum atomic E-state index is 11.9. The Balaban J connectivity index is 3.25. The smallest absolute Gasteiger partial charge is 0.243 e. The van der Waals surface area contributed by atoms with E-state index < -0.39 is 6.04 Å². The third kappa shape index (κ3) is 2.77. The Labute approximate surface area is 102 Å². The normalized spacial score (nSPS) is 12.1. The fourth-order valence-electron chi connectivity index (χ4n) is 1.92. The average molecular weight is 236 g/mol. The summed E-state index contributed by atoms with van der Waals surface area (Å²) in [6, 6.07) is 3.40. The van der Waals surface area contributed by atoms with Crippen LogP contribution in [-0.2, 0) is 4.79 Å². The molecule has 1 unspecified atom stereocenters. The van der Waals surface area contributed by atoms with E-state index in [9.17, 15) is 4.79 Å². The van der Waals surface area contributed by atoms with E-state index in [1.165, 1.54) is 0 Å². The van der Waals surface area contributed by atoms with Crippen LogP contribution in [0.25, 0.3) is 0 Å². The molecule has 1 aromatic rings. The number of rotatable bonds is 3. The van der Waals surface area contributed by atoms with Gasteiger partial charge >= 0.3 is 0 Å². The van der Waals surface area contributed by atoms with Gasteiger partial charge in [-0.1, -0.05) is 6.07 Å². The Hall–Kier alpha value is -1.55. The molecule has 0 spiro atoms. The van der Waals surface area contributed by atoms with Gasteiger partial charge < -0.3 is 15.4 Å². The molecule has 0 aromatic heterocycles. The van der Waals surface area contributed by atoms with Gasteiger partial charge in [-0.15, -0.1) is 0 Å². The minimum atomic E-state index is -0.523. The second-order valence-corrected chi connectivity index (χ2v) is 4.32. The van der Waals surface area contributed by atoms with Crippen LogP contribution in [0.3, 0.4) is 0 Å². The maximum Gasteiger partial charge on any atom is 0.243 e. The van der Waals surface area contributed by atoms with Crippen LogP contribution in [0.4, 0.5) is 5.69 Å². The average Bonchev–Trinajstić information content (AvgIpc) is 2.25. The summed E-state index contributed by atoms with van der Waals surface area (Å²) in [5.41, 5.74) is 8.49. The van der Waals surface area contributed by atoms with E-state index in [1.807, 2.05) is 26.0 Å². The second-order valence-electron chi connectivity index (χ2n) is 4.32. The molecule has 0 heterocycles. The molecular formula is C13H20N2O2. The van der Waals surface area contributed by atoms with Crippen molar-refractivity contribution in [1.29, 1.82) is 0 Å². The summed E-state index contributed by atoms with van der Waals surface area (Å²) in [5, 5.41) is 0. The number of hydrogen-bond acceptors (Lipinski definition) is 3. The molecule has 4 heteroatoms. The van der Waals surface area contributed by atoms with Gasteiger partial charge in [0.1, 0.15) is 5.75 Å². The van der Waals surface area contributed by atoms with Gasteiger partial charge in [0.25, 0.3) is 0 Å². The summed E-state index contributed by atoms with van der Waals surface area (Å²) in [5.74, 6) is 0.564. The van der Waals surface area contributed by atoms with Crippen LogP contribution in [0, 0.1) is 13.8 Å². The molecule has 1 rings (SSSR count). The van der Waals surface area contributed by atoms with E-state index in [1.54, 1.807) is 26.0 Å². The number of nitrogens with zero attached hydrogens (tertiary/aromatic N) is 1. The van der Waals surface area contributed by atoms with Gasteiger partial charge in [-0.2, -0.15) is 0 Å². The van der Waals surface area contributed by atoms with Crippen LogP contribution in [0.2, 0.25) is 0 Å². The molecule has 1 atom stereocenters. The summed E-state index contributed by atoms with van der Waals surface area (Å²) in [6.45, 7) is 5.62. The van der Waals surface area contributed by atoms with Crippen LogP contribution in [0.5, 0.6) is 5.75 Å². The van der Waals surface area contributed by atoms with Crippen molar-refractivity contribution >= 4 is 11.6 Å². The summed E-state index contributed by atoms with van der Waals surface area (Å²) in [7, 11) is 3.31. The third-order valence-corrected chi connectivity index (χ3v) is 2.69. The number of carbonyl (C=O) groups is 1. The van der Waals surface area contributed by atoms with Gasteiger partial charge in [-0.25, -0.2) is 0 Å². The van der Waals surface area contributed by atoms with Crippen LogP contribution < -0.4 is 15.4 Å². The summed E-state index contributed by atoms with van der Waals surface area (Å²) >= 11 is 0. The summed E-state index contributed by atoms with van der Waals surface area (Å²) in [6.07, 6.45) is 0. The van der Waals surface area contributed by atoms with Gasteiger partial charge in [-0.05, 0) is 38.0 Å². The third-order valence-electron chi connectivity index (χ3n) is 2.69. The SMILES string of the molecule is COc1cc(C)cc(C)c1N(C)C(=O)C(C)N. The molecule has 0 aliphatic carbocycles. The molecule has 0 saturated heterocycles. The Morgan fingerprint density at radius 2 is 2.00 bits per heavy atom. The van der Waals surface area contributed by atoms with E-state index in [0.717, 1.165) is 16.8 Å². The molecule has 17 heavy (non-hydrogen) atoms. The van der Waals surface area contributed by atoms with Crippen molar-refractivity contribution in [2.75, 3.05) is 19.1 Å². The number of nitrogens with two attached hydrogens (primary N) is 1. The number of ether oxygens (including phenoxy) is 1. The highest BCUT2D eigenvalue weighted by molar-refractivity contribution is 5.98. The number of aryl methyl sites for hydroxylation is 2. The van der Waals surface area contributed by atoms with Crippen LogP contribution in [-0.4, -0.2) is 26.1 Å². The number of likely N-dealkylation sites (N-methyl/N-ethyl adjacent to an activating group) is 1. The fourth-order valence-corrected chi connectivity index (χ4v) is 1.92. The molecule has 2 N–H and O–H groups in total. The highest BCUT2D eigenvalue weighted by atomic mass is 16.5.